The molecule has 1 aromatic carbocycles. The van der Waals surface area contributed by atoms with Gasteiger partial charge in [-0.25, -0.2) is 8.78 Å². The SMILES string of the molecule is CCCCCCCCCCCCCCCC(=O)OCOc1c2n(cc(C(=O)NCc3ccc(F)cc3F)c1=O)[C@H]1CC/C(C)=N\OCC[C@H](C)N(C1)C2=O. The van der Waals surface area contributed by atoms with Crippen LogP contribution < -0.4 is 15.5 Å². The van der Waals surface area contributed by atoms with E-state index >= 15 is 0 Å². The number of pyridine rings is 1. The van der Waals surface area contributed by atoms with Gasteiger partial charge in [0.1, 0.15) is 23.8 Å². The van der Waals surface area contributed by atoms with Gasteiger partial charge in [-0.2, -0.15) is 0 Å². The third kappa shape index (κ3) is 12.7. The summed E-state index contributed by atoms with van der Waals surface area (Å²) in [5, 5.41) is 6.70. The number of halogens is 2. The van der Waals surface area contributed by atoms with Gasteiger partial charge in [0.05, 0.1) is 11.8 Å². The first-order chi connectivity index (χ1) is 26.1. The van der Waals surface area contributed by atoms with Crippen molar-refractivity contribution >= 4 is 23.5 Å². The average molecular weight is 757 g/mol. The fourth-order valence-electron chi connectivity index (χ4n) is 6.95. The summed E-state index contributed by atoms with van der Waals surface area (Å²) in [6.45, 7) is 5.62. The second kappa shape index (κ2) is 22.2. The summed E-state index contributed by atoms with van der Waals surface area (Å²) in [5.74, 6) is -3.82. The van der Waals surface area contributed by atoms with E-state index in [2.05, 4.69) is 17.4 Å². The maximum Gasteiger partial charge on any atom is 0.308 e. The number of amides is 2. The van der Waals surface area contributed by atoms with Crippen molar-refractivity contribution in [3.05, 3.63) is 63.1 Å². The van der Waals surface area contributed by atoms with Crippen LogP contribution in [0.5, 0.6) is 5.75 Å². The predicted octanol–water partition coefficient (Wildman–Crippen LogP) is 8.38. The van der Waals surface area contributed by atoms with E-state index in [-0.39, 0.29) is 41.9 Å². The van der Waals surface area contributed by atoms with E-state index in [0.29, 0.717) is 44.9 Å². The lowest BCUT2D eigenvalue weighted by Crippen LogP contribution is -2.49. The fraction of sp³-hybridized carbons (Fsp3) is 0.634. The molecule has 4 rings (SSSR count). The number of esters is 1. The summed E-state index contributed by atoms with van der Waals surface area (Å²) in [5.41, 5.74) is -0.493. The van der Waals surface area contributed by atoms with Crippen LogP contribution in [0.1, 0.15) is 162 Å². The molecule has 2 aromatic rings. The minimum absolute atomic E-state index is 0.0230. The Morgan fingerprint density at radius 3 is 2.30 bits per heavy atom. The minimum Gasteiger partial charge on any atom is -0.451 e. The summed E-state index contributed by atoms with van der Waals surface area (Å²) in [6.07, 6.45) is 18.4. The maximum atomic E-state index is 14.3. The molecule has 1 aromatic heterocycles. The predicted molar refractivity (Wildman–Crippen MR) is 203 cm³/mol. The largest absolute Gasteiger partial charge is 0.451 e. The van der Waals surface area contributed by atoms with E-state index in [9.17, 15) is 28.0 Å². The van der Waals surface area contributed by atoms with Crippen molar-refractivity contribution in [3.8, 4) is 5.75 Å². The fourth-order valence-corrected chi connectivity index (χ4v) is 6.95. The van der Waals surface area contributed by atoms with Gasteiger partial charge in [-0.15, -0.1) is 0 Å². The maximum absolute atomic E-state index is 14.3. The number of aromatic nitrogens is 1. The number of rotatable bonds is 20. The first-order valence-corrected chi connectivity index (χ1v) is 19.9. The lowest BCUT2D eigenvalue weighted by atomic mass is 10.0. The van der Waals surface area contributed by atoms with E-state index in [1.165, 1.54) is 70.1 Å². The molecule has 54 heavy (non-hydrogen) atoms. The molecule has 0 unspecified atom stereocenters. The van der Waals surface area contributed by atoms with Crippen LogP contribution >= 0.6 is 0 Å². The Balaban J connectivity index is 1.41. The quantitative estimate of drug-likeness (QED) is 0.0817. The first-order valence-electron chi connectivity index (χ1n) is 19.9. The molecule has 0 fully saturated rings. The van der Waals surface area contributed by atoms with E-state index in [1.807, 2.05) is 13.8 Å². The Kier molecular flexibility index (Phi) is 17.4. The number of hydrogen-bond acceptors (Lipinski definition) is 8. The van der Waals surface area contributed by atoms with Crippen molar-refractivity contribution in [2.75, 3.05) is 19.9 Å². The molecule has 0 saturated carbocycles. The number of fused-ring (bicyclic) bond motifs is 4. The highest BCUT2D eigenvalue weighted by Crippen LogP contribution is 2.32. The normalized spacial score (nSPS) is 18.1. The van der Waals surface area contributed by atoms with Crippen LogP contribution in [0.25, 0.3) is 0 Å². The second-order valence-corrected chi connectivity index (χ2v) is 14.6. The molecule has 11 nitrogen and oxygen atoms in total. The molecule has 3 heterocycles. The van der Waals surface area contributed by atoms with E-state index in [1.54, 1.807) is 9.47 Å². The molecule has 13 heteroatoms. The third-order valence-corrected chi connectivity index (χ3v) is 10.3. The van der Waals surface area contributed by atoms with Crippen LogP contribution in [0.15, 0.2) is 34.3 Å². The summed E-state index contributed by atoms with van der Waals surface area (Å²) >= 11 is 0. The molecule has 2 bridgehead atoms. The molecular weight excluding hydrogens is 698 g/mol. The van der Waals surface area contributed by atoms with E-state index in [0.717, 1.165) is 31.0 Å². The van der Waals surface area contributed by atoms with Gasteiger partial charge in [0.2, 0.25) is 18.0 Å². The lowest BCUT2D eigenvalue weighted by Gasteiger charge is -2.39. The molecular formula is C41H58F2N4O7. The Morgan fingerprint density at radius 1 is 0.963 bits per heavy atom. The number of benzene rings is 1. The second-order valence-electron chi connectivity index (χ2n) is 14.6. The third-order valence-electron chi connectivity index (χ3n) is 10.3. The van der Waals surface area contributed by atoms with Crippen LogP contribution in [-0.4, -0.2) is 58.9 Å². The number of nitrogens with one attached hydrogen (secondary N) is 1. The number of carbonyl (C=O) groups is 3. The van der Waals surface area contributed by atoms with Crippen LogP contribution in [-0.2, 0) is 20.9 Å². The monoisotopic (exact) mass is 756 g/mol. The van der Waals surface area contributed by atoms with Gasteiger partial charge in [0.15, 0.2) is 5.69 Å². The van der Waals surface area contributed by atoms with Gasteiger partial charge in [-0.1, -0.05) is 95.2 Å². The lowest BCUT2D eigenvalue weighted by molar-refractivity contribution is -0.150. The Labute approximate surface area is 317 Å². The number of ether oxygens (including phenoxy) is 2. The van der Waals surface area contributed by atoms with E-state index in [4.69, 9.17) is 14.3 Å². The smallest absolute Gasteiger partial charge is 0.308 e. The average Bonchev–Trinajstić information content (AvgIpc) is 3.17. The van der Waals surface area contributed by atoms with Gasteiger partial charge < -0.3 is 29.1 Å². The highest BCUT2D eigenvalue weighted by Gasteiger charge is 2.38. The molecule has 2 atom stereocenters. The molecule has 0 saturated heterocycles. The van der Waals surface area contributed by atoms with Crippen LogP contribution in [0.3, 0.4) is 0 Å². The summed E-state index contributed by atoms with van der Waals surface area (Å²) in [6, 6.07) is 2.34. The highest BCUT2D eigenvalue weighted by molar-refractivity contribution is 5.99. The first kappa shape index (κ1) is 42.5. The number of carbonyl (C=O) groups excluding carboxylic acids is 3. The summed E-state index contributed by atoms with van der Waals surface area (Å²) in [4.78, 5) is 61.2. The topological polar surface area (TPSA) is 129 Å². The highest BCUT2D eigenvalue weighted by atomic mass is 19.1. The number of hydrogen-bond donors (Lipinski definition) is 1. The Hall–Kier alpha value is -4.29. The zero-order valence-corrected chi connectivity index (χ0v) is 32.3. The van der Waals surface area contributed by atoms with Crippen molar-refractivity contribution in [3.63, 3.8) is 0 Å². The zero-order chi connectivity index (χ0) is 38.9. The van der Waals surface area contributed by atoms with Crippen LogP contribution in [0.4, 0.5) is 8.78 Å². The van der Waals surface area contributed by atoms with Crippen molar-refractivity contribution < 1.29 is 37.5 Å². The molecule has 0 radical (unpaired) electrons. The molecule has 2 amide bonds. The molecule has 2 aliphatic rings. The van der Waals surface area contributed by atoms with Gasteiger partial charge in [-0.3, -0.25) is 19.2 Å². The van der Waals surface area contributed by atoms with Crippen molar-refractivity contribution in [1.29, 1.82) is 0 Å². The van der Waals surface area contributed by atoms with Gasteiger partial charge >= 0.3 is 5.97 Å². The van der Waals surface area contributed by atoms with Gasteiger partial charge in [-0.05, 0) is 39.2 Å². The standard InChI is InChI=1S/C41H58F2N4O7/c1-4-5-6-7-8-9-10-11-12-13-14-15-16-17-36(48)52-28-53-39-37-41(51)46-26-33(21-18-29(2)45-54-23-22-30(46)3)47(37)27-34(38(39)49)40(50)44-25-31-19-20-32(42)24-35(31)43/h19-20,24,27,30,33H,4-18,21-23,25-26,28H2,1-3H3,(H,44,50)/b45-29-/t30-,33-/m0/s1. The molecule has 2 aliphatic heterocycles. The minimum atomic E-state index is -0.877. The van der Waals surface area contributed by atoms with Crippen molar-refractivity contribution in [1.82, 2.24) is 14.8 Å². The molecule has 0 spiro atoms. The summed E-state index contributed by atoms with van der Waals surface area (Å²) in [7, 11) is 0. The molecule has 0 aliphatic carbocycles. The van der Waals surface area contributed by atoms with Gasteiger partial charge in [0, 0.05) is 49.8 Å². The van der Waals surface area contributed by atoms with Gasteiger partial charge in [0.25, 0.3) is 11.8 Å². The van der Waals surface area contributed by atoms with Crippen molar-refractivity contribution in [2.45, 2.75) is 149 Å². The number of oxime groups is 1. The number of unbranched alkanes of at least 4 members (excludes halogenated alkanes) is 12. The molecule has 298 valence electrons. The Bertz CT molecular complexity index is 1650. The van der Waals surface area contributed by atoms with Crippen LogP contribution in [0.2, 0.25) is 0 Å². The molecule has 1 N–H and O–H groups in total. The number of nitrogens with zero attached hydrogens (tertiary/aromatic N) is 3. The Morgan fingerprint density at radius 2 is 1.63 bits per heavy atom. The summed E-state index contributed by atoms with van der Waals surface area (Å²) < 4.78 is 40.5. The zero-order valence-electron chi connectivity index (χ0n) is 32.3. The van der Waals surface area contributed by atoms with Crippen molar-refractivity contribution in [2.24, 2.45) is 5.16 Å². The van der Waals surface area contributed by atoms with E-state index < -0.39 is 47.4 Å². The van der Waals surface area contributed by atoms with Crippen LogP contribution in [0, 0.1) is 11.6 Å².